The summed E-state index contributed by atoms with van der Waals surface area (Å²) < 4.78 is 55.9. The second-order valence-corrected chi connectivity index (χ2v) is 11.0. The molecule has 0 unspecified atom stereocenters. The quantitative estimate of drug-likeness (QED) is 0.572. The van der Waals surface area contributed by atoms with Crippen LogP contribution >= 0.6 is 0 Å². The summed E-state index contributed by atoms with van der Waals surface area (Å²) in [6.45, 7) is 0. The number of benzene rings is 2. The first-order chi connectivity index (χ1) is 16.6. The van der Waals surface area contributed by atoms with E-state index in [2.05, 4.69) is 5.10 Å². The molecule has 0 bridgehead atoms. The van der Waals surface area contributed by atoms with Crippen LogP contribution in [0, 0.1) is 17.0 Å². The molecule has 2 aliphatic carbocycles. The van der Waals surface area contributed by atoms with Gasteiger partial charge < -0.3 is 5.11 Å². The Morgan fingerprint density at radius 2 is 1.74 bits per heavy atom. The molecule has 10 heteroatoms. The van der Waals surface area contributed by atoms with Crippen molar-refractivity contribution in [3.05, 3.63) is 83.2 Å². The number of carboxylic acids is 1. The van der Waals surface area contributed by atoms with Gasteiger partial charge in [0, 0.05) is 13.1 Å². The summed E-state index contributed by atoms with van der Waals surface area (Å²) in [5, 5.41) is 14.7. The minimum absolute atomic E-state index is 0.0429. The summed E-state index contributed by atoms with van der Waals surface area (Å²) in [7, 11) is -2.50. The maximum absolute atomic E-state index is 13.4. The molecule has 3 aromatic rings. The molecule has 2 aliphatic rings. The average Bonchev–Trinajstić information content (AvgIpc) is 3.24. The van der Waals surface area contributed by atoms with E-state index >= 15 is 0 Å². The maximum atomic E-state index is 13.4. The van der Waals surface area contributed by atoms with Crippen molar-refractivity contribution in [3.63, 3.8) is 0 Å². The standard InChI is InChI=1S/C25H23F2N3O4S/c1-29(35(33,34)22-10-5-19(27)6-11-22)21-7-2-17-12-23-16(13-25(17,14-21)24(31)32)15-28-30(23)20-8-3-18(26)4-9-20/h3-6,8-12,15,21H,2,7,13-14H2,1H3,(H,31,32)/t21-,25-/m0/s1. The van der Waals surface area contributed by atoms with Gasteiger partial charge in [-0.2, -0.15) is 9.40 Å². The monoisotopic (exact) mass is 499 g/mol. The van der Waals surface area contributed by atoms with E-state index in [0.29, 0.717) is 24.1 Å². The Morgan fingerprint density at radius 1 is 1.11 bits per heavy atom. The average molecular weight is 500 g/mol. The number of halogens is 2. The van der Waals surface area contributed by atoms with Crippen LogP contribution in [-0.4, -0.2) is 46.7 Å². The first kappa shape index (κ1) is 23.4. The fourth-order valence-corrected chi connectivity index (χ4v) is 6.52. The number of carbonyl (C=O) groups is 1. The first-order valence-corrected chi connectivity index (χ1v) is 12.6. The number of carboxylic acid groups (broad SMARTS) is 1. The second kappa shape index (κ2) is 8.39. The van der Waals surface area contributed by atoms with Gasteiger partial charge in [0.25, 0.3) is 0 Å². The Kier molecular flexibility index (Phi) is 5.60. The number of fused-ring (bicyclic) bond motifs is 2. The predicted molar refractivity (Wildman–Crippen MR) is 124 cm³/mol. The lowest BCUT2D eigenvalue weighted by Crippen LogP contribution is -2.49. The fourth-order valence-electron chi connectivity index (χ4n) is 5.13. The number of sulfonamides is 1. The van der Waals surface area contributed by atoms with Crippen LogP contribution in [0.2, 0.25) is 0 Å². The normalized spacial score (nSPS) is 21.8. The van der Waals surface area contributed by atoms with E-state index in [-0.39, 0.29) is 23.6 Å². The third-order valence-electron chi connectivity index (χ3n) is 7.12. The van der Waals surface area contributed by atoms with Gasteiger partial charge in [0.2, 0.25) is 10.0 Å². The van der Waals surface area contributed by atoms with Crippen molar-refractivity contribution in [2.24, 2.45) is 5.41 Å². The molecular formula is C25H23F2N3O4S. The number of hydrogen-bond donors (Lipinski definition) is 1. The van der Waals surface area contributed by atoms with E-state index in [0.717, 1.165) is 23.4 Å². The predicted octanol–water partition coefficient (Wildman–Crippen LogP) is 4.03. The number of aliphatic carboxylic acids is 1. The van der Waals surface area contributed by atoms with Crippen LogP contribution in [0.25, 0.3) is 11.8 Å². The molecule has 0 aliphatic heterocycles. The van der Waals surface area contributed by atoms with Crippen LogP contribution in [0.5, 0.6) is 0 Å². The molecule has 0 amide bonds. The van der Waals surface area contributed by atoms with Gasteiger partial charge in [0.05, 0.1) is 27.9 Å². The van der Waals surface area contributed by atoms with Crippen LogP contribution in [0.15, 0.2) is 65.2 Å². The van der Waals surface area contributed by atoms with Gasteiger partial charge >= 0.3 is 5.97 Å². The van der Waals surface area contributed by atoms with E-state index in [9.17, 15) is 27.1 Å². The van der Waals surface area contributed by atoms with Crippen LogP contribution in [-0.2, 0) is 21.2 Å². The van der Waals surface area contributed by atoms with Gasteiger partial charge in [-0.25, -0.2) is 21.9 Å². The highest BCUT2D eigenvalue weighted by molar-refractivity contribution is 7.89. The van der Waals surface area contributed by atoms with Crippen molar-refractivity contribution < 1.29 is 27.1 Å². The van der Waals surface area contributed by atoms with Gasteiger partial charge in [-0.1, -0.05) is 5.57 Å². The minimum Gasteiger partial charge on any atom is -0.481 e. The zero-order valence-corrected chi connectivity index (χ0v) is 19.7. The molecule has 5 rings (SSSR count). The highest BCUT2D eigenvalue weighted by Crippen LogP contribution is 2.49. The fraction of sp³-hybridized carbons (Fsp3) is 0.280. The summed E-state index contributed by atoms with van der Waals surface area (Å²) in [4.78, 5) is 12.6. The number of aromatic nitrogens is 2. The Hall–Kier alpha value is -3.37. The van der Waals surface area contributed by atoms with Crippen LogP contribution in [0.1, 0.15) is 30.5 Å². The summed E-state index contributed by atoms with van der Waals surface area (Å²) >= 11 is 0. The van der Waals surface area contributed by atoms with E-state index < -0.39 is 33.3 Å². The van der Waals surface area contributed by atoms with Crippen molar-refractivity contribution in [2.45, 2.75) is 36.6 Å². The topological polar surface area (TPSA) is 92.5 Å². The van der Waals surface area contributed by atoms with Gasteiger partial charge in [0.15, 0.2) is 0 Å². The van der Waals surface area contributed by atoms with Crippen LogP contribution in [0.4, 0.5) is 8.78 Å². The molecule has 182 valence electrons. The zero-order valence-electron chi connectivity index (χ0n) is 18.9. The summed E-state index contributed by atoms with van der Waals surface area (Å²) in [6.07, 6.45) is 4.55. The lowest BCUT2D eigenvalue weighted by molar-refractivity contribution is -0.148. The summed E-state index contributed by atoms with van der Waals surface area (Å²) in [5.41, 5.74) is 1.58. The van der Waals surface area contributed by atoms with Gasteiger partial charge in [0.1, 0.15) is 11.6 Å². The second-order valence-electron chi connectivity index (χ2n) is 9.05. The molecule has 0 radical (unpaired) electrons. The van der Waals surface area contributed by atoms with Crippen LogP contribution < -0.4 is 0 Å². The molecule has 1 saturated carbocycles. The van der Waals surface area contributed by atoms with E-state index in [1.807, 2.05) is 6.08 Å². The highest BCUT2D eigenvalue weighted by atomic mass is 32.2. The van der Waals surface area contributed by atoms with E-state index in [4.69, 9.17) is 0 Å². The molecular weight excluding hydrogens is 476 g/mol. The third-order valence-corrected chi connectivity index (χ3v) is 9.04. The Morgan fingerprint density at radius 3 is 2.37 bits per heavy atom. The Bertz CT molecular complexity index is 1430. The molecule has 0 spiro atoms. The van der Waals surface area contributed by atoms with Crippen molar-refractivity contribution in [1.82, 2.24) is 14.1 Å². The molecule has 1 aromatic heterocycles. The van der Waals surface area contributed by atoms with Crippen molar-refractivity contribution >= 4 is 22.1 Å². The molecule has 2 aromatic carbocycles. The Balaban J connectivity index is 1.48. The minimum atomic E-state index is -3.93. The van der Waals surface area contributed by atoms with Crippen LogP contribution in [0.3, 0.4) is 0 Å². The Labute approximate surface area is 201 Å². The van der Waals surface area contributed by atoms with E-state index in [1.165, 1.54) is 35.6 Å². The highest BCUT2D eigenvalue weighted by Gasteiger charge is 2.51. The lowest BCUT2D eigenvalue weighted by atomic mass is 9.63. The summed E-state index contributed by atoms with van der Waals surface area (Å²) in [5.74, 6) is -1.92. The van der Waals surface area contributed by atoms with Gasteiger partial charge in [-0.15, -0.1) is 0 Å². The lowest BCUT2D eigenvalue weighted by Gasteiger charge is -2.44. The zero-order chi connectivity index (χ0) is 25.0. The van der Waals surface area contributed by atoms with E-state index in [1.54, 1.807) is 23.0 Å². The smallest absolute Gasteiger partial charge is 0.314 e. The molecule has 7 nitrogen and oxygen atoms in total. The number of rotatable bonds is 5. The third kappa shape index (κ3) is 3.86. The summed E-state index contributed by atoms with van der Waals surface area (Å²) in [6, 6.07) is 9.92. The molecule has 0 saturated heterocycles. The number of hydrogen-bond acceptors (Lipinski definition) is 4. The number of nitrogens with zero attached hydrogens (tertiary/aromatic N) is 3. The molecule has 2 atom stereocenters. The van der Waals surface area contributed by atoms with Gasteiger partial charge in [-0.05, 0) is 85.9 Å². The van der Waals surface area contributed by atoms with Crippen molar-refractivity contribution in [3.8, 4) is 5.69 Å². The molecule has 1 heterocycles. The molecule has 1 N–H and O–H groups in total. The molecule has 1 fully saturated rings. The van der Waals surface area contributed by atoms with Crippen molar-refractivity contribution in [1.29, 1.82) is 0 Å². The van der Waals surface area contributed by atoms with Crippen molar-refractivity contribution in [2.75, 3.05) is 7.05 Å². The molecule has 35 heavy (non-hydrogen) atoms. The SMILES string of the molecule is CN([C@H]1CCC2=Cc3c(cnn3-c3ccc(F)cc3)C[C@]2(C(=O)O)C1)S(=O)(=O)c1ccc(F)cc1. The largest absolute Gasteiger partial charge is 0.481 e. The first-order valence-electron chi connectivity index (χ1n) is 11.1. The maximum Gasteiger partial charge on any atom is 0.314 e. The van der Waals surface area contributed by atoms with Gasteiger partial charge in [-0.3, -0.25) is 4.79 Å².